The predicted molar refractivity (Wildman–Crippen MR) is 24.3 cm³/mol. The van der Waals surface area contributed by atoms with Crippen LogP contribution in [0, 0.1) is 0 Å². The summed E-state index contributed by atoms with van der Waals surface area (Å²) in [7, 11) is 1.09. The molecule has 1 aliphatic rings. The Balaban J connectivity index is 2.08. The average Bonchev–Trinajstić information content (AvgIpc) is 1.76. The molecule has 0 spiro atoms. The molecule has 1 heterocycles. The Morgan fingerprint density at radius 2 is 1.80 bits per heavy atom. The van der Waals surface area contributed by atoms with Crippen LogP contribution in [0.25, 0.3) is 0 Å². The molecule has 0 atom stereocenters. The Hall–Kier alpha value is 0.350. The van der Waals surface area contributed by atoms with Crippen LogP contribution < -0.4 is 10.9 Å². The van der Waals surface area contributed by atoms with Gasteiger partial charge in [-0.25, -0.2) is 0 Å². The van der Waals surface area contributed by atoms with Crippen LogP contribution in [-0.2, 0) is 0 Å². The van der Waals surface area contributed by atoms with Crippen LogP contribution in [0.3, 0.4) is 0 Å². The summed E-state index contributed by atoms with van der Waals surface area (Å²) in [6, 6.07) is 0. The minimum absolute atomic E-state index is 1.09. The monoisotopic (exact) mass is 90.0 g/mol. The predicted octanol–water partition coefficient (Wildman–Crippen LogP) is -0.312. The van der Waals surface area contributed by atoms with Crippen molar-refractivity contribution in [2.45, 2.75) is 0 Å². The molecule has 0 aliphatic carbocycles. The third kappa shape index (κ3) is 0.839. The van der Waals surface area contributed by atoms with E-state index in [0.717, 1.165) is 8.58 Å². The highest BCUT2D eigenvalue weighted by Gasteiger charge is 1.90. The summed E-state index contributed by atoms with van der Waals surface area (Å²) in [4.78, 5) is 0. The summed E-state index contributed by atoms with van der Waals surface area (Å²) in [6.07, 6.45) is 2.33. The SMILES string of the molecule is C1NNCP1. The van der Waals surface area contributed by atoms with E-state index in [2.05, 4.69) is 10.9 Å². The van der Waals surface area contributed by atoms with Gasteiger partial charge in [-0.05, 0) is 0 Å². The number of hydrogen-bond donors (Lipinski definition) is 2. The Bertz CT molecular complexity index is 19.2. The summed E-state index contributed by atoms with van der Waals surface area (Å²) >= 11 is 0. The van der Waals surface area contributed by atoms with Crippen molar-refractivity contribution in [3.63, 3.8) is 0 Å². The lowest BCUT2D eigenvalue weighted by Gasteiger charge is -1.80. The smallest absolute Gasteiger partial charge is 0.0284 e. The van der Waals surface area contributed by atoms with Crippen molar-refractivity contribution in [3.05, 3.63) is 0 Å². The highest BCUT2D eigenvalue weighted by atomic mass is 31.1. The number of nitrogens with one attached hydrogen (secondary N) is 2. The van der Waals surface area contributed by atoms with Crippen LogP contribution in [0.4, 0.5) is 0 Å². The molecule has 0 aromatic rings. The molecule has 1 fully saturated rings. The van der Waals surface area contributed by atoms with Crippen molar-refractivity contribution in [1.29, 1.82) is 0 Å². The molecule has 1 rings (SSSR count). The topological polar surface area (TPSA) is 24.1 Å². The molecule has 0 aromatic carbocycles. The maximum atomic E-state index is 2.98. The minimum Gasteiger partial charge on any atom is -0.253 e. The van der Waals surface area contributed by atoms with E-state index in [-0.39, 0.29) is 0 Å². The molecule has 0 bridgehead atoms. The van der Waals surface area contributed by atoms with Gasteiger partial charge in [0, 0.05) is 12.6 Å². The van der Waals surface area contributed by atoms with Gasteiger partial charge in [-0.1, -0.05) is 8.58 Å². The zero-order chi connectivity index (χ0) is 3.54. The lowest BCUT2D eigenvalue weighted by Crippen LogP contribution is -2.21. The first-order chi connectivity index (χ1) is 2.50. The lowest BCUT2D eigenvalue weighted by molar-refractivity contribution is 0.689. The molecule has 1 aliphatic heterocycles. The Labute approximate surface area is 33.1 Å². The van der Waals surface area contributed by atoms with E-state index in [1.165, 1.54) is 12.6 Å². The van der Waals surface area contributed by atoms with Gasteiger partial charge < -0.3 is 0 Å². The molecule has 0 aromatic heterocycles. The third-order valence-corrected chi connectivity index (χ3v) is 1.41. The van der Waals surface area contributed by atoms with Crippen molar-refractivity contribution >= 4 is 8.58 Å². The Morgan fingerprint density at radius 3 is 2.00 bits per heavy atom. The lowest BCUT2D eigenvalue weighted by atomic mass is 11.4. The zero-order valence-electron chi connectivity index (χ0n) is 2.91. The molecular weight excluding hydrogens is 83.0 g/mol. The quantitative estimate of drug-likeness (QED) is 0.398. The van der Waals surface area contributed by atoms with E-state index in [9.17, 15) is 0 Å². The fourth-order valence-corrected chi connectivity index (χ4v) is 0.937. The fraction of sp³-hybridized carbons (Fsp3) is 1.00. The van der Waals surface area contributed by atoms with Gasteiger partial charge in [0.15, 0.2) is 0 Å². The highest BCUT2D eigenvalue weighted by molar-refractivity contribution is 7.38. The zero-order valence-corrected chi connectivity index (χ0v) is 3.91. The fourth-order valence-electron chi connectivity index (χ4n) is 0.312. The molecular formula is C2H7N2P. The van der Waals surface area contributed by atoms with Gasteiger partial charge in [-0.15, -0.1) is 0 Å². The van der Waals surface area contributed by atoms with Crippen molar-refractivity contribution in [1.82, 2.24) is 10.9 Å². The van der Waals surface area contributed by atoms with Crippen molar-refractivity contribution in [3.8, 4) is 0 Å². The largest absolute Gasteiger partial charge is 0.253 e. The summed E-state index contributed by atoms with van der Waals surface area (Å²) in [5.74, 6) is 0. The molecule has 3 heteroatoms. The van der Waals surface area contributed by atoms with Crippen LogP contribution in [-0.4, -0.2) is 12.6 Å². The third-order valence-electron chi connectivity index (χ3n) is 0.552. The van der Waals surface area contributed by atoms with Gasteiger partial charge in [0.2, 0.25) is 0 Å². The standard InChI is InChI=1S/C2H7N2P/c1-3-4-2-5-1/h3-5H,1-2H2. The maximum absolute atomic E-state index is 2.98. The normalized spacial score (nSPS) is 24.0. The van der Waals surface area contributed by atoms with E-state index in [0.29, 0.717) is 0 Å². The van der Waals surface area contributed by atoms with Gasteiger partial charge in [0.25, 0.3) is 0 Å². The van der Waals surface area contributed by atoms with E-state index >= 15 is 0 Å². The molecule has 0 unspecified atom stereocenters. The molecule has 0 saturated carbocycles. The number of rotatable bonds is 0. The van der Waals surface area contributed by atoms with Crippen LogP contribution in [0.1, 0.15) is 0 Å². The number of hydrazine groups is 1. The second kappa shape index (κ2) is 1.71. The Morgan fingerprint density at radius 1 is 1.20 bits per heavy atom. The van der Waals surface area contributed by atoms with E-state index in [1.807, 2.05) is 0 Å². The van der Waals surface area contributed by atoms with Gasteiger partial charge >= 0.3 is 0 Å². The van der Waals surface area contributed by atoms with E-state index in [4.69, 9.17) is 0 Å². The van der Waals surface area contributed by atoms with Crippen molar-refractivity contribution in [2.24, 2.45) is 0 Å². The van der Waals surface area contributed by atoms with Gasteiger partial charge in [-0.2, -0.15) is 0 Å². The van der Waals surface area contributed by atoms with Crippen LogP contribution >= 0.6 is 8.58 Å². The number of hydrogen-bond acceptors (Lipinski definition) is 2. The summed E-state index contributed by atoms with van der Waals surface area (Å²) < 4.78 is 0. The van der Waals surface area contributed by atoms with Crippen molar-refractivity contribution < 1.29 is 0 Å². The first-order valence-corrected chi connectivity index (χ1v) is 3.08. The van der Waals surface area contributed by atoms with Gasteiger partial charge in [0.1, 0.15) is 0 Å². The molecule has 0 radical (unpaired) electrons. The maximum Gasteiger partial charge on any atom is 0.0284 e. The van der Waals surface area contributed by atoms with Crippen LogP contribution in [0.2, 0.25) is 0 Å². The summed E-state index contributed by atoms with van der Waals surface area (Å²) in [5, 5.41) is 0. The van der Waals surface area contributed by atoms with Crippen molar-refractivity contribution in [2.75, 3.05) is 12.6 Å². The van der Waals surface area contributed by atoms with E-state index < -0.39 is 0 Å². The molecule has 0 amide bonds. The first-order valence-electron chi connectivity index (χ1n) is 1.66. The summed E-state index contributed by atoms with van der Waals surface area (Å²) in [5.41, 5.74) is 5.97. The minimum atomic E-state index is 1.09. The second-order valence-corrected chi connectivity index (χ2v) is 2.16. The molecule has 30 valence electrons. The van der Waals surface area contributed by atoms with Gasteiger partial charge in [-0.3, -0.25) is 10.9 Å². The van der Waals surface area contributed by atoms with Crippen LogP contribution in [0.15, 0.2) is 0 Å². The molecule has 2 nitrogen and oxygen atoms in total. The summed E-state index contributed by atoms with van der Waals surface area (Å²) in [6.45, 7) is 0. The average molecular weight is 90.1 g/mol. The first kappa shape index (κ1) is 3.54. The molecule has 2 N–H and O–H groups in total. The van der Waals surface area contributed by atoms with Gasteiger partial charge in [0.05, 0.1) is 0 Å². The molecule has 1 saturated heterocycles. The second-order valence-electron chi connectivity index (χ2n) is 0.957. The van der Waals surface area contributed by atoms with Crippen LogP contribution in [0.5, 0.6) is 0 Å². The van der Waals surface area contributed by atoms with E-state index in [1.54, 1.807) is 0 Å². The molecule has 5 heavy (non-hydrogen) atoms. The highest BCUT2D eigenvalue weighted by Crippen LogP contribution is 2.05. The Kier molecular flexibility index (Phi) is 1.21.